The van der Waals surface area contributed by atoms with Gasteiger partial charge in [-0.05, 0) is 6.92 Å². The maximum absolute atomic E-state index is 10.7. The average Bonchev–Trinajstić information content (AvgIpc) is 2.37. The number of nitrogens with one attached hydrogen (secondary N) is 1. The molecule has 0 atom stereocenters. The fraction of sp³-hybridized carbons (Fsp3) is 0.167. The van der Waals surface area contributed by atoms with E-state index >= 15 is 0 Å². The van der Waals surface area contributed by atoms with Crippen LogP contribution in [0, 0.1) is 6.92 Å². The molecule has 0 unspecified atom stereocenters. The molecule has 0 aromatic carbocycles. The molecule has 1 aromatic rings. The van der Waals surface area contributed by atoms with Crippen molar-refractivity contribution in [3.05, 3.63) is 25.1 Å². The number of carbonyl (C=O) groups is 1. The minimum absolute atomic E-state index is 0.0312. The standard InChI is InChI=1S/C6H7N2O/c1-2-6(9)5-3-7-4-8-5/h3-4H,1-2H2,(H,7,8). The molecule has 3 heteroatoms. The molecule has 0 fully saturated rings. The number of imidazole rings is 1. The Balaban J connectivity index is 2.77. The van der Waals surface area contributed by atoms with Crippen LogP contribution in [0.25, 0.3) is 0 Å². The van der Waals surface area contributed by atoms with E-state index in [1.165, 1.54) is 6.33 Å². The summed E-state index contributed by atoms with van der Waals surface area (Å²) in [6.45, 7) is 3.44. The second-order valence-corrected chi connectivity index (χ2v) is 1.63. The van der Waals surface area contributed by atoms with Gasteiger partial charge in [-0.25, -0.2) is 4.98 Å². The van der Waals surface area contributed by atoms with Gasteiger partial charge in [0.2, 0.25) is 0 Å². The number of rotatable bonds is 2. The Kier molecular flexibility index (Phi) is 1.63. The van der Waals surface area contributed by atoms with Crippen LogP contribution in [0.15, 0.2) is 12.5 Å². The van der Waals surface area contributed by atoms with Crippen LogP contribution in [0.3, 0.4) is 0 Å². The molecule has 0 spiro atoms. The van der Waals surface area contributed by atoms with Gasteiger partial charge in [0.05, 0.1) is 6.33 Å². The Morgan fingerprint density at radius 3 is 3.11 bits per heavy atom. The molecule has 0 aliphatic rings. The van der Waals surface area contributed by atoms with E-state index in [0.717, 1.165) is 0 Å². The molecule has 1 radical (unpaired) electrons. The lowest BCUT2D eigenvalue weighted by atomic mass is 10.2. The van der Waals surface area contributed by atoms with E-state index in [1.54, 1.807) is 6.20 Å². The fourth-order valence-corrected chi connectivity index (χ4v) is 0.541. The summed E-state index contributed by atoms with van der Waals surface area (Å²) < 4.78 is 0. The highest BCUT2D eigenvalue weighted by Crippen LogP contribution is 1.94. The number of hydrogen-bond donors (Lipinski definition) is 1. The molecule has 0 bridgehead atoms. The minimum Gasteiger partial charge on any atom is -0.350 e. The van der Waals surface area contributed by atoms with Crippen molar-refractivity contribution < 1.29 is 4.79 Å². The molecule has 0 amide bonds. The van der Waals surface area contributed by atoms with Crippen LogP contribution in [0.4, 0.5) is 0 Å². The number of carbonyl (C=O) groups excluding carboxylic acids is 1. The number of H-pyrrole nitrogens is 1. The highest BCUT2D eigenvalue weighted by atomic mass is 16.1. The summed E-state index contributed by atoms with van der Waals surface area (Å²) in [6, 6.07) is 0. The number of nitrogens with zero attached hydrogens (tertiary/aromatic N) is 1. The predicted octanol–water partition coefficient (Wildman–Crippen LogP) is 0.817. The summed E-state index contributed by atoms with van der Waals surface area (Å²) in [5, 5.41) is 0. The summed E-state index contributed by atoms with van der Waals surface area (Å²) in [7, 11) is 0. The first-order valence-electron chi connectivity index (χ1n) is 2.66. The smallest absolute Gasteiger partial charge is 0.182 e. The van der Waals surface area contributed by atoms with E-state index in [9.17, 15) is 4.79 Å². The Bertz CT molecular complexity index is 191. The van der Waals surface area contributed by atoms with Crippen molar-refractivity contribution in [2.75, 3.05) is 0 Å². The summed E-state index contributed by atoms with van der Waals surface area (Å²) in [6.07, 6.45) is 3.31. The van der Waals surface area contributed by atoms with Gasteiger partial charge in [0.25, 0.3) is 0 Å². The molecule has 0 saturated heterocycles. The Labute approximate surface area is 53.1 Å². The van der Waals surface area contributed by atoms with Gasteiger partial charge in [0.1, 0.15) is 5.69 Å². The molecule has 3 nitrogen and oxygen atoms in total. The molecule has 0 saturated carbocycles. The summed E-state index contributed by atoms with van der Waals surface area (Å²) >= 11 is 0. The second-order valence-electron chi connectivity index (χ2n) is 1.63. The van der Waals surface area contributed by atoms with Crippen molar-refractivity contribution in [1.29, 1.82) is 0 Å². The second kappa shape index (κ2) is 2.44. The van der Waals surface area contributed by atoms with E-state index in [0.29, 0.717) is 5.69 Å². The van der Waals surface area contributed by atoms with Gasteiger partial charge in [0.15, 0.2) is 5.78 Å². The van der Waals surface area contributed by atoms with Crippen LogP contribution >= 0.6 is 0 Å². The van der Waals surface area contributed by atoms with E-state index in [-0.39, 0.29) is 12.2 Å². The van der Waals surface area contributed by atoms with Crippen molar-refractivity contribution in [3.8, 4) is 0 Å². The van der Waals surface area contributed by atoms with Gasteiger partial charge in [-0.3, -0.25) is 4.79 Å². The minimum atomic E-state index is -0.0312. The largest absolute Gasteiger partial charge is 0.350 e. The third-order valence-corrected chi connectivity index (χ3v) is 1.01. The highest BCUT2D eigenvalue weighted by Gasteiger charge is 2.01. The van der Waals surface area contributed by atoms with E-state index in [1.807, 2.05) is 0 Å². The zero-order valence-electron chi connectivity index (χ0n) is 4.92. The van der Waals surface area contributed by atoms with Crippen LogP contribution in [-0.4, -0.2) is 15.8 Å². The van der Waals surface area contributed by atoms with E-state index in [2.05, 4.69) is 16.9 Å². The van der Waals surface area contributed by atoms with Crippen LogP contribution in [0.5, 0.6) is 0 Å². The van der Waals surface area contributed by atoms with Crippen LogP contribution in [-0.2, 0) is 0 Å². The van der Waals surface area contributed by atoms with Gasteiger partial charge in [0, 0.05) is 12.6 Å². The van der Waals surface area contributed by atoms with Crippen LogP contribution in [0.1, 0.15) is 16.9 Å². The maximum atomic E-state index is 10.7. The van der Waals surface area contributed by atoms with Crippen molar-refractivity contribution in [3.63, 3.8) is 0 Å². The first-order chi connectivity index (χ1) is 4.34. The zero-order chi connectivity index (χ0) is 6.69. The fourth-order valence-electron chi connectivity index (χ4n) is 0.541. The molecule has 0 aliphatic heterocycles. The first-order valence-corrected chi connectivity index (χ1v) is 2.66. The molecule has 1 heterocycles. The summed E-state index contributed by atoms with van der Waals surface area (Å²) in [5.41, 5.74) is 0.463. The van der Waals surface area contributed by atoms with E-state index < -0.39 is 0 Å². The van der Waals surface area contributed by atoms with Gasteiger partial charge < -0.3 is 4.98 Å². The molecule has 9 heavy (non-hydrogen) atoms. The lowest BCUT2D eigenvalue weighted by molar-refractivity contribution is 0.0991. The molecule has 0 aliphatic carbocycles. The van der Waals surface area contributed by atoms with Crippen molar-refractivity contribution in [2.45, 2.75) is 6.42 Å². The topological polar surface area (TPSA) is 45.8 Å². The first kappa shape index (κ1) is 6.01. The van der Waals surface area contributed by atoms with Crippen LogP contribution < -0.4 is 0 Å². The third-order valence-electron chi connectivity index (χ3n) is 1.01. The van der Waals surface area contributed by atoms with E-state index in [4.69, 9.17) is 0 Å². The quantitative estimate of drug-likeness (QED) is 0.591. The predicted molar refractivity (Wildman–Crippen MR) is 32.9 cm³/mol. The normalized spacial score (nSPS) is 9.44. The van der Waals surface area contributed by atoms with Crippen molar-refractivity contribution in [2.24, 2.45) is 0 Å². The van der Waals surface area contributed by atoms with Gasteiger partial charge >= 0.3 is 0 Å². The Morgan fingerprint density at radius 1 is 1.89 bits per heavy atom. The zero-order valence-corrected chi connectivity index (χ0v) is 4.92. The number of ketones is 1. The summed E-state index contributed by atoms with van der Waals surface area (Å²) in [4.78, 5) is 17.2. The van der Waals surface area contributed by atoms with Gasteiger partial charge in [-0.15, -0.1) is 0 Å². The maximum Gasteiger partial charge on any atom is 0.182 e. The Morgan fingerprint density at radius 2 is 2.67 bits per heavy atom. The van der Waals surface area contributed by atoms with Gasteiger partial charge in [-0.1, -0.05) is 0 Å². The molecule has 47 valence electrons. The monoisotopic (exact) mass is 123 g/mol. The molecular formula is C6H7N2O. The SMILES string of the molecule is [CH2]CC(=O)c1c[nH]cn1. The lowest BCUT2D eigenvalue weighted by Crippen LogP contribution is -1.95. The van der Waals surface area contributed by atoms with Gasteiger partial charge in [-0.2, -0.15) is 0 Å². The van der Waals surface area contributed by atoms with Crippen LogP contribution in [0.2, 0.25) is 0 Å². The number of aromatic amines is 1. The van der Waals surface area contributed by atoms with Crippen molar-refractivity contribution >= 4 is 5.78 Å². The number of Topliss-reactive ketones (excluding diaryl/α,β-unsaturated/α-hetero) is 1. The molecule has 1 rings (SSSR count). The van der Waals surface area contributed by atoms with Crippen molar-refractivity contribution in [1.82, 2.24) is 9.97 Å². The third kappa shape index (κ3) is 1.16. The number of aromatic nitrogens is 2. The highest BCUT2D eigenvalue weighted by molar-refractivity contribution is 5.94. The summed E-state index contributed by atoms with van der Waals surface area (Å²) in [5.74, 6) is -0.0312. The average molecular weight is 123 g/mol. The Hall–Kier alpha value is -1.12. The molecule has 1 N–H and O–H groups in total. The molecular weight excluding hydrogens is 116 g/mol. The molecule has 1 aromatic heterocycles. The number of hydrogen-bond acceptors (Lipinski definition) is 2. The lowest BCUT2D eigenvalue weighted by Gasteiger charge is -1.85.